The molecule has 17 heavy (non-hydrogen) atoms. The summed E-state index contributed by atoms with van der Waals surface area (Å²) in [7, 11) is 0. The van der Waals surface area contributed by atoms with Crippen molar-refractivity contribution in [3.63, 3.8) is 0 Å². The Labute approximate surface area is 104 Å². The topological polar surface area (TPSA) is 47.1 Å². The van der Waals surface area contributed by atoms with Crippen molar-refractivity contribution >= 4 is 0 Å². The molecule has 1 aliphatic heterocycles. The van der Waals surface area contributed by atoms with Crippen LogP contribution in [0.25, 0.3) is 0 Å². The van der Waals surface area contributed by atoms with Crippen LogP contribution >= 0.6 is 0 Å². The van der Waals surface area contributed by atoms with Crippen LogP contribution in [0.15, 0.2) is 12.4 Å². The van der Waals surface area contributed by atoms with E-state index in [9.17, 15) is 0 Å². The first-order chi connectivity index (χ1) is 8.24. The normalized spacial score (nSPS) is 23.1. The second-order valence-electron chi connectivity index (χ2n) is 5.18. The first-order valence-corrected chi connectivity index (χ1v) is 6.71. The molecular weight excluding hydrogens is 212 g/mol. The molecule has 0 aliphatic carbocycles. The average Bonchev–Trinajstić information content (AvgIpc) is 2.91. The van der Waals surface area contributed by atoms with E-state index in [0.717, 1.165) is 18.9 Å². The Morgan fingerprint density at radius 1 is 1.59 bits per heavy atom. The molecule has 0 radical (unpaired) electrons. The van der Waals surface area contributed by atoms with Crippen molar-refractivity contribution in [3.8, 4) is 0 Å². The van der Waals surface area contributed by atoms with Gasteiger partial charge in [-0.2, -0.15) is 5.10 Å². The van der Waals surface area contributed by atoms with E-state index < -0.39 is 0 Å². The Kier molecular flexibility index (Phi) is 4.18. The molecule has 0 amide bonds. The van der Waals surface area contributed by atoms with Crippen LogP contribution < -0.4 is 5.73 Å². The summed E-state index contributed by atoms with van der Waals surface area (Å²) in [5, 5.41) is 4.40. The second-order valence-corrected chi connectivity index (χ2v) is 5.18. The SMILES string of the molecule is CCCn1cc(C(CN)N2CCC(C)C2)cn1. The third-order valence-electron chi connectivity index (χ3n) is 3.61. The van der Waals surface area contributed by atoms with Gasteiger partial charge in [0.2, 0.25) is 0 Å². The number of aromatic nitrogens is 2. The molecule has 2 unspecified atom stereocenters. The Hall–Kier alpha value is -0.870. The minimum Gasteiger partial charge on any atom is -0.329 e. The van der Waals surface area contributed by atoms with E-state index in [1.165, 1.54) is 25.1 Å². The van der Waals surface area contributed by atoms with E-state index in [1.54, 1.807) is 0 Å². The maximum Gasteiger partial charge on any atom is 0.0538 e. The highest BCUT2D eigenvalue weighted by Crippen LogP contribution is 2.26. The summed E-state index contributed by atoms with van der Waals surface area (Å²) in [6.45, 7) is 8.50. The van der Waals surface area contributed by atoms with Gasteiger partial charge in [-0.05, 0) is 25.3 Å². The lowest BCUT2D eigenvalue weighted by Gasteiger charge is -2.25. The van der Waals surface area contributed by atoms with Crippen molar-refractivity contribution in [2.75, 3.05) is 19.6 Å². The Morgan fingerprint density at radius 3 is 3.00 bits per heavy atom. The lowest BCUT2D eigenvalue weighted by atomic mass is 10.1. The molecule has 2 N–H and O–H groups in total. The smallest absolute Gasteiger partial charge is 0.0538 e. The van der Waals surface area contributed by atoms with Gasteiger partial charge in [0.15, 0.2) is 0 Å². The monoisotopic (exact) mass is 236 g/mol. The quantitative estimate of drug-likeness (QED) is 0.845. The molecule has 1 fully saturated rings. The molecule has 1 aromatic heterocycles. The third-order valence-corrected chi connectivity index (χ3v) is 3.61. The van der Waals surface area contributed by atoms with Gasteiger partial charge in [0.1, 0.15) is 0 Å². The molecular formula is C13H24N4. The maximum atomic E-state index is 5.93. The molecule has 2 rings (SSSR count). The molecule has 96 valence electrons. The predicted octanol–water partition coefficient (Wildman–Crippen LogP) is 1.63. The van der Waals surface area contributed by atoms with Gasteiger partial charge in [-0.15, -0.1) is 0 Å². The molecule has 2 atom stereocenters. The van der Waals surface area contributed by atoms with E-state index in [4.69, 9.17) is 5.73 Å². The van der Waals surface area contributed by atoms with Crippen molar-refractivity contribution in [1.82, 2.24) is 14.7 Å². The number of likely N-dealkylation sites (tertiary alicyclic amines) is 1. The molecule has 1 aromatic rings. The van der Waals surface area contributed by atoms with Crippen molar-refractivity contribution < 1.29 is 0 Å². The highest BCUT2D eigenvalue weighted by Gasteiger charge is 2.26. The maximum absolute atomic E-state index is 5.93. The first kappa shape index (κ1) is 12.6. The van der Waals surface area contributed by atoms with Crippen LogP contribution in [0.1, 0.15) is 38.3 Å². The lowest BCUT2D eigenvalue weighted by molar-refractivity contribution is 0.243. The highest BCUT2D eigenvalue weighted by atomic mass is 15.3. The zero-order valence-corrected chi connectivity index (χ0v) is 11.0. The van der Waals surface area contributed by atoms with Gasteiger partial charge in [-0.3, -0.25) is 9.58 Å². The summed E-state index contributed by atoms with van der Waals surface area (Å²) in [6, 6.07) is 0.352. The summed E-state index contributed by atoms with van der Waals surface area (Å²) in [5.74, 6) is 0.801. The zero-order chi connectivity index (χ0) is 12.3. The number of hydrogen-bond acceptors (Lipinski definition) is 3. The zero-order valence-electron chi connectivity index (χ0n) is 11.0. The van der Waals surface area contributed by atoms with Gasteiger partial charge in [0, 0.05) is 31.4 Å². The van der Waals surface area contributed by atoms with Gasteiger partial charge < -0.3 is 5.73 Å². The van der Waals surface area contributed by atoms with Gasteiger partial charge >= 0.3 is 0 Å². The van der Waals surface area contributed by atoms with Crippen LogP contribution in [0.5, 0.6) is 0 Å². The molecule has 4 heteroatoms. The minimum absolute atomic E-state index is 0.352. The molecule has 4 nitrogen and oxygen atoms in total. The predicted molar refractivity (Wildman–Crippen MR) is 69.7 cm³/mol. The van der Waals surface area contributed by atoms with E-state index in [0.29, 0.717) is 12.6 Å². The van der Waals surface area contributed by atoms with Crippen LogP contribution in [0, 0.1) is 5.92 Å². The molecule has 0 bridgehead atoms. The largest absolute Gasteiger partial charge is 0.329 e. The molecule has 0 spiro atoms. The van der Waals surface area contributed by atoms with Crippen molar-refractivity contribution in [2.45, 2.75) is 39.3 Å². The third kappa shape index (κ3) is 2.87. The summed E-state index contributed by atoms with van der Waals surface area (Å²) >= 11 is 0. The highest BCUT2D eigenvalue weighted by molar-refractivity contribution is 5.12. The van der Waals surface area contributed by atoms with Crippen LogP contribution in [0.4, 0.5) is 0 Å². The molecule has 2 heterocycles. The summed E-state index contributed by atoms with van der Waals surface area (Å²) in [6.07, 6.45) is 6.55. The summed E-state index contributed by atoms with van der Waals surface area (Å²) < 4.78 is 2.03. The van der Waals surface area contributed by atoms with E-state index >= 15 is 0 Å². The number of aryl methyl sites for hydroxylation is 1. The fourth-order valence-corrected chi connectivity index (χ4v) is 2.65. The summed E-state index contributed by atoms with van der Waals surface area (Å²) in [4.78, 5) is 2.50. The molecule has 0 aromatic carbocycles. The fourth-order valence-electron chi connectivity index (χ4n) is 2.65. The Bertz CT molecular complexity index is 347. The number of rotatable bonds is 5. The minimum atomic E-state index is 0.352. The Morgan fingerprint density at radius 2 is 2.41 bits per heavy atom. The Balaban J connectivity index is 2.06. The van der Waals surface area contributed by atoms with Gasteiger partial charge in [0.25, 0.3) is 0 Å². The van der Waals surface area contributed by atoms with Gasteiger partial charge in [-0.1, -0.05) is 13.8 Å². The number of nitrogens with zero attached hydrogens (tertiary/aromatic N) is 3. The van der Waals surface area contributed by atoms with E-state index in [-0.39, 0.29) is 0 Å². The second kappa shape index (κ2) is 5.65. The lowest BCUT2D eigenvalue weighted by Crippen LogP contribution is -2.31. The van der Waals surface area contributed by atoms with Crippen LogP contribution in [-0.4, -0.2) is 34.3 Å². The first-order valence-electron chi connectivity index (χ1n) is 6.71. The average molecular weight is 236 g/mol. The standard InChI is InChI=1S/C13H24N4/c1-3-5-17-10-12(8-15-17)13(7-14)16-6-4-11(2)9-16/h8,10-11,13H,3-7,9,14H2,1-2H3. The van der Waals surface area contributed by atoms with Crippen molar-refractivity contribution in [1.29, 1.82) is 0 Å². The van der Waals surface area contributed by atoms with Crippen LogP contribution in [-0.2, 0) is 6.54 Å². The fraction of sp³-hybridized carbons (Fsp3) is 0.769. The number of nitrogens with two attached hydrogens (primary N) is 1. The molecule has 1 saturated heterocycles. The molecule has 0 saturated carbocycles. The van der Waals surface area contributed by atoms with Gasteiger partial charge in [-0.25, -0.2) is 0 Å². The van der Waals surface area contributed by atoms with Crippen LogP contribution in [0.2, 0.25) is 0 Å². The van der Waals surface area contributed by atoms with E-state index in [2.05, 4.69) is 30.0 Å². The van der Waals surface area contributed by atoms with Crippen molar-refractivity contribution in [3.05, 3.63) is 18.0 Å². The van der Waals surface area contributed by atoms with E-state index in [1.807, 2.05) is 10.9 Å². The number of hydrogen-bond donors (Lipinski definition) is 1. The van der Waals surface area contributed by atoms with Crippen molar-refractivity contribution in [2.24, 2.45) is 11.7 Å². The molecule has 1 aliphatic rings. The summed E-state index contributed by atoms with van der Waals surface area (Å²) in [5.41, 5.74) is 7.21. The van der Waals surface area contributed by atoms with Gasteiger partial charge in [0.05, 0.1) is 12.2 Å². The van der Waals surface area contributed by atoms with Crippen LogP contribution in [0.3, 0.4) is 0 Å².